The molecule has 1 N–H and O–H groups in total. The first-order valence-electron chi connectivity index (χ1n) is 7.25. The summed E-state index contributed by atoms with van der Waals surface area (Å²) in [6.07, 6.45) is 5.09. The van der Waals surface area contributed by atoms with Gasteiger partial charge in [-0.15, -0.1) is 0 Å². The highest BCUT2D eigenvalue weighted by molar-refractivity contribution is 7.90. The maximum absolute atomic E-state index is 11.3. The number of hydrogen-bond acceptors (Lipinski definition) is 4. The maximum Gasteiger partial charge on any atom is 0.149 e. The van der Waals surface area contributed by atoms with E-state index in [1.165, 1.54) is 11.8 Å². The fourth-order valence-corrected chi connectivity index (χ4v) is 2.57. The van der Waals surface area contributed by atoms with Crippen LogP contribution in [-0.2, 0) is 29.3 Å². The van der Waals surface area contributed by atoms with Crippen molar-refractivity contribution >= 4 is 9.84 Å². The Morgan fingerprint density at radius 2 is 2.10 bits per heavy atom. The zero-order valence-electron chi connectivity index (χ0n) is 13.0. The molecule has 0 aliphatic carbocycles. The van der Waals surface area contributed by atoms with Gasteiger partial charge in [0.15, 0.2) is 0 Å². The molecule has 20 heavy (non-hydrogen) atoms. The lowest BCUT2D eigenvalue weighted by molar-refractivity contribution is 0.547. The van der Waals surface area contributed by atoms with Gasteiger partial charge in [0.05, 0.1) is 18.5 Å². The highest BCUT2D eigenvalue weighted by atomic mass is 32.2. The molecule has 0 unspecified atom stereocenters. The van der Waals surface area contributed by atoms with Crippen molar-refractivity contribution in [2.24, 2.45) is 5.92 Å². The molecule has 0 atom stereocenters. The smallest absolute Gasteiger partial charge is 0.149 e. The van der Waals surface area contributed by atoms with Gasteiger partial charge in [-0.1, -0.05) is 27.2 Å². The molecule has 0 aliphatic rings. The molecule has 0 fully saturated rings. The number of nitrogens with zero attached hydrogens (tertiary/aromatic N) is 2. The molecule has 0 radical (unpaired) electrons. The predicted molar refractivity (Wildman–Crippen MR) is 82.5 cm³/mol. The van der Waals surface area contributed by atoms with Crippen LogP contribution in [0.25, 0.3) is 0 Å². The van der Waals surface area contributed by atoms with E-state index in [2.05, 4.69) is 31.2 Å². The summed E-state index contributed by atoms with van der Waals surface area (Å²) in [6.45, 7) is 8.69. The zero-order chi connectivity index (χ0) is 15.2. The van der Waals surface area contributed by atoms with Crippen LogP contribution in [0.3, 0.4) is 0 Å². The minimum absolute atomic E-state index is 0.143. The van der Waals surface area contributed by atoms with E-state index in [1.807, 2.05) is 10.9 Å². The third-order valence-electron chi connectivity index (χ3n) is 3.06. The third kappa shape index (κ3) is 6.05. The first-order valence-corrected chi connectivity index (χ1v) is 9.31. The van der Waals surface area contributed by atoms with Crippen LogP contribution in [0.5, 0.6) is 0 Å². The molecular formula is C14H27N3O2S. The number of aryl methyl sites for hydroxylation is 1. The second kappa shape index (κ2) is 7.78. The van der Waals surface area contributed by atoms with E-state index in [4.69, 9.17) is 0 Å². The summed E-state index contributed by atoms with van der Waals surface area (Å²) in [6, 6.07) is 0. The summed E-state index contributed by atoms with van der Waals surface area (Å²) in [4.78, 5) is 0. The van der Waals surface area contributed by atoms with Crippen molar-refractivity contribution in [3.05, 3.63) is 17.5 Å². The summed E-state index contributed by atoms with van der Waals surface area (Å²) in [5.74, 6) is 0.759. The SMILES string of the molecule is CCCc1c(CNCC(C)C)cnn1CCS(C)(=O)=O. The van der Waals surface area contributed by atoms with Crippen molar-refractivity contribution in [2.45, 2.75) is 46.7 Å². The number of nitrogens with one attached hydrogen (secondary N) is 1. The Balaban J connectivity index is 2.72. The Labute approximate surface area is 122 Å². The topological polar surface area (TPSA) is 64.0 Å². The van der Waals surface area contributed by atoms with Gasteiger partial charge in [-0.05, 0) is 18.9 Å². The van der Waals surface area contributed by atoms with Gasteiger partial charge in [0.1, 0.15) is 9.84 Å². The van der Waals surface area contributed by atoms with Crippen LogP contribution in [0.1, 0.15) is 38.4 Å². The molecule has 1 rings (SSSR count). The van der Waals surface area contributed by atoms with Crippen LogP contribution in [-0.4, -0.2) is 36.8 Å². The van der Waals surface area contributed by atoms with E-state index in [9.17, 15) is 8.42 Å². The summed E-state index contributed by atoms with van der Waals surface area (Å²) in [7, 11) is -2.95. The van der Waals surface area contributed by atoms with Gasteiger partial charge in [-0.3, -0.25) is 4.68 Å². The highest BCUT2D eigenvalue weighted by Gasteiger charge is 2.12. The molecule has 0 amide bonds. The van der Waals surface area contributed by atoms with Crippen LogP contribution < -0.4 is 5.32 Å². The molecule has 1 aromatic rings. The van der Waals surface area contributed by atoms with Gasteiger partial charge in [-0.2, -0.15) is 5.10 Å². The molecule has 0 aromatic carbocycles. The van der Waals surface area contributed by atoms with Crippen LogP contribution in [0, 0.1) is 5.92 Å². The molecule has 6 heteroatoms. The lowest BCUT2D eigenvalue weighted by Crippen LogP contribution is -2.20. The summed E-state index contributed by atoms with van der Waals surface area (Å²) in [5, 5.41) is 7.76. The van der Waals surface area contributed by atoms with Gasteiger partial charge in [0.2, 0.25) is 0 Å². The molecule has 116 valence electrons. The Morgan fingerprint density at radius 1 is 1.40 bits per heavy atom. The van der Waals surface area contributed by atoms with E-state index in [0.717, 1.165) is 31.6 Å². The minimum Gasteiger partial charge on any atom is -0.312 e. The quantitative estimate of drug-likeness (QED) is 0.753. The van der Waals surface area contributed by atoms with Gasteiger partial charge in [0, 0.05) is 24.1 Å². The summed E-state index contributed by atoms with van der Waals surface area (Å²) >= 11 is 0. The van der Waals surface area contributed by atoms with Gasteiger partial charge >= 0.3 is 0 Å². The molecule has 5 nitrogen and oxygen atoms in total. The van der Waals surface area contributed by atoms with Gasteiger partial charge in [-0.25, -0.2) is 8.42 Å². The summed E-state index contributed by atoms with van der Waals surface area (Å²) in [5.41, 5.74) is 2.34. The standard InChI is InChI=1S/C14H27N3O2S/c1-5-6-14-13(10-15-9-12(2)3)11-16-17(14)7-8-20(4,18)19/h11-12,15H,5-10H2,1-4H3. The number of hydrogen-bond donors (Lipinski definition) is 1. The molecule has 0 saturated heterocycles. The lowest BCUT2D eigenvalue weighted by atomic mass is 10.1. The molecule has 0 spiro atoms. The molecule has 1 heterocycles. The second-order valence-electron chi connectivity index (χ2n) is 5.74. The van der Waals surface area contributed by atoms with E-state index in [0.29, 0.717) is 12.5 Å². The van der Waals surface area contributed by atoms with Crippen molar-refractivity contribution in [2.75, 3.05) is 18.6 Å². The van der Waals surface area contributed by atoms with Crippen molar-refractivity contribution in [3.63, 3.8) is 0 Å². The molecule has 0 bridgehead atoms. The Hall–Kier alpha value is -0.880. The van der Waals surface area contributed by atoms with Gasteiger partial charge in [0.25, 0.3) is 0 Å². The maximum atomic E-state index is 11.3. The van der Waals surface area contributed by atoms with E-state index in [-0.39, 0.29) is 5.75 Å². The van der Waals surface area contributed by atoms with E-state index < -0.39 is 9.84 Å². The Kier molecular flexibility index (Phi) is 6.68. The molecule has 1 aromatic heterocycles. The lowest BCUT2D eigenvalue weighted by Gasteiger charge is -2.10. The number of sulfone groups is 1. The monoisotopic (exact) mass is 301 g/mol. The van der Waals surface area contributed by atoms with E-state index in [1.54, 1.807) is 0 Å². The van der Waals surface area contributed by atoms with Crippen LogP contribution in [0.2, 0.25) is 0 Å². The van der Waals surface area contributed by atoms with Crippen molar-refractivity contribution in [1.29, 1.82) is 0 Å². The Morgan fingerprint density at radius 3 is 2.65 bits per heavy atom. The van der Waals surface area contributed by atoms with Crippen molar-refractivity contribution < 1.29 is 8.42 Å². The van der Waals surface area contributed by atoms with Crippen LogP contribution in [0.15, 0.2) is 6.20 Å². The molecular weight excluding hydrogens is 274 g/mol. The first kappa shape index (κ1) is 17.2. The average molecular weight is 301 g/mol. The normalized spacial score (nSPS) is 12.2. The van der Waals surface area contributed by atoms with Crippen molar-refractivity contribution in [3.8, 4) is 0 Å². The van der Waals surface area contributed by atoms with Gasteiger partial charge < -0.3 is 5.32 Å². The minimum atomic E-state index is -2.95. The van der Waals surface area contributed by atoms with Crippen LogP contribution in [0.4, 0.5) is 0 Å². The Bertz CT molecular complexity index is 506. The number of rotatable bonds is 9. The highest BCUT2D eigenvalue weighted by Crippen LogP contribution is 2.12. The predicted octanol–water partition coefficient (Wildman–Crippen LogP) is 1.63. The second-order valence-corrected chi connectivity index (χ2v) is 8.00. The molecule has 0 aliphatic heterocycles. The van der Waals surface area contributed by atoms with Crippen molar-refractivity contribution in [1.82, 2.24) is 15.1 Å². The van der Waals surface area contributed by atoms with Crippen LogP contribution >= 0.6 is 0 Å². The summed E-state index contributed by atoms with van der Waals surface area (Å²) < 4.78 is 24.4. The largest absolute Gasteiger partial charge is 0.312 e. The average Bonchev–Trinajstić information content (AvgIpc) is 2.69. The molecule has 0 saturated carbocycles. The van der Waals surface area contributed by atoms with E-state index >= 15 is 0 Å². The fourth-order valence-electron chi connectivity index (χ4n) is 2.06. The third-order valence-corrected chi connectivity index (χ3v) is 3.99. The zero-order valence-corrected chi connectivity index (χ0v) is 13.8. The first-order chi connectivity index (χ1) is 9.33. The number of aromatic nitrogens is 2. The fraction of sp³-hybridized carbons (Fsp3) is 0.786.